The summed E-state index contributed by atoms with van der Waals surface area (Å²) in [6.45, 7) is 14.4. The molecule has 0 bridgehead atoms. The van der Waals surface area contributed by atoms with Crippen molar-refractivity contribution in [2.45, 2.75) is 478 Å². The van der Waals surface area contributed by atoms with Crippen LogP contribution in [0, 0.1) is 23.7 Å². The highest BCUT2D eigenvalue weighted by molar-refractivity contribution is 7.47. The van der Waals surface area contributed by atoms with E-state index in [1.807, 2.05) is 0 Å². The molecule has 0 radical (unpaired) electrons. The summed E-state index contributed by atoms with van der Waals surface area (Å²) in [6.07, 6.45) is 66.7. The third-order valence-corrected chi connectivity index (χ3v) is 22.8. The van der Waals surface area contributed by atoms with Gasteiger partial charge in [-0.2, -0.15) is 0 Å². The SMILES string of the molecule is CCC(C)CCCCCCCCCCCCCCCCCCCCC(=O)O[C@H](COC(=O)CCCCCCCCCCCCCCCCC(C)C)COP(=O)(O)OCC(O)COP(=O)(O)OC[C@@H](COC(=O)CCCCCCCCCC(C)C)OC(=O)CCCCCCCCCCCCCCCCCC(C)C. The molecule has 17 nitrogen and oxygen atoms in total. The molecule has 0 spiro atoms. The number of aliphatic hydroxyl groups is 1. The van der Waals surface area contributed by atoms with Crippen LogP contribution in [0.25, 0.3) is 0 Å². The van der Waals surface area contributed by atoms with Gasteiger partial charge in [-0.15, -0.1) is 0 Å². The second-order valence-electron chi connectivity index (χ2n) is 33.3. The van der Waals surface area contributed by atoms with Crippen LogP contribution < -0.4 is 0 Å². The van der Waals surface area contributed by atoms with Crippen LogP contribution in [0.1, 0.15) is 460 Å². The Labute approximate surface area is 658 Å². The molecule has 0 rings (SSSR count). The van der Waals surface area contributed by atoms with Crippen molar-refractivity contribution in [1.29, 1.82) is 0 Å². The predicted octanol–water partition coefficient (Wildman–Crippen LogP) is 26.7. The van der Waals surface area contributed by atoms with Crippen LogP contribution in [-0.2, 0) is 65.4 Å². The summed E-state index contributed by atoms with van der Waals surface area (Å²) < 4.78 is 68.9. The molecule has 0 aliphatic carbocycles. The zero-order chi connectivity index (χ0) is 78.8. The van der Waals surface area contributed by atoms with Crippen molar-refractivity contribution in [2.24, 2.45) is 23.7 Å². The van der Waals surface area contributed by atoms with Crippen LogP contribution in [0.5, 0.6) is 0 Å². The summed E-state index contributed by atoms with van der Waals surface area (Å²) in [5.41, 5.74) is 0. The van der Waals surface area contributed by atoms with Crippen molar-refractivity contribution < 1.29 is 80.2 Å². The quantitative estimate of drug-likeness (QED) is 0.0222. The van der Waals surface area contributed by atoms with E-state index < -0.39 is 97.5 Å². The summed E-state index contributed by atoms with van der Waals surface area (Å²) in [7, 11) is -9.93. The van der Waals surface area contributed by atoms with Crippen molar-refractivity contribution in [3.63, 3.8) is 0 Å². The molecule has 0 aliphatic rings. The van der Waals surface area contributed by atoms with Gasteiger partial charge in [0.25, 0.3) is 0 Å². The maximum atomic E-state index is 13.2. The Morgan fingerprint density at radius 2 is 0.449 bits per heavy atom. The lowest BCUT2D eigenvalue weighted by molar-refractivity contribution is -0.161. The average Bonchev–Trinajstić information content (AvgIpc) is 0.897. The number of ether oxygens (including phenoxy) is 4. The summed E-state index contributed by atoms with van der Waals surface area (Å²) >= 11 is 0. The average molecular weight is 1560 g/mol. The molecule has 0 aromatic rings. The molecule has 0 aromatic heterocycles. The molecule has 0 amide bonds. The lowest BCUT2D eigenvalue weighted by Crippen LogP contribution is -2.30. The third-order valence-electron chi connectivity index (χ3n) is 20.9. The molecule has 0 aromatic carbocycles. The molecular formula is C88H172O17P2. The first kappa shape index (κ1) is 105. The molecular weight excluding hydrogens is 1390 g/mol. The van der Waals surface area contributed by atoms with E-state index in [1.165, 1.54) is 257 Å². The molecule has 107 heavy (non-hydrogen) atoms. The van der Waals surface area contributed by atoms with Crippen LogP contribution in [-0.4, -0.2) is 96.7 Å². The van der Waals surface area contributed by atoms with Gasteiger partial charge in [-0.05, 0) is 49.4 Å². The zero-order valence-electron chi connectivity index (χ0n) is 70.8. The number of phosphoric ester groups is 2. The maximum absolute atomic E-state index is 13.2. The van der Waals surface area contributed by atoms with E-state index in [-0.39, 0.29) is 25.7 Å². The van der Waals surface area contributed by atoms with Gasteiger partial charge in [-0.1, -0.05) is 409 Å². The van der Waals surface area contributed by atoms with Crippen molar-refractivity contribution in [3.05, 3.63) is 0 Å². The molecule has 0 aliphatic heterocycles. The number of unbranched alkanes of at least 4 members (excludes halogenated alkanes) is 50. The summed E-state index contributed by atoms with van der Waals surface area (Å²) in [4.78, 5) is 73.3. The Morgan fingerprint density at radius 1 is 0.262 bits per heavy atom. The zero-order valence-corrected chi connectivity index (χ0v) is 72.6. The minimum Gasteiger partial charge on any atom is -0.462 e. The fourth-order valence-electron chi connectivity index (χ4n) is 13.6. The summed E-state index contributed by atoms with van der Waals surface area (Å²) in [5.74, 6) is 1.07. The Bertz CT molecular complexity index is 2080. The molecule has 636 valence electrons. The second-order valence-corrected chi connectivity index (χ2v) is 36.2. The van der Waals surface area contributed by atoms with Gasteiger partial charge in [0.2, 0.25) is 0 Å². The summed E-state index contributed by atoms with van der Waals surface area (Å²) in [6, 6.07) is 0. The van der Waals surface area contributed by atoms with Gasteiger partial charge in [-0.25, -0.2) is 9.13 Å². The summed E-state index contributed by atoms with van der Waals surface area (Å²) in [5, 5.41) is 10.7. The van der Waals surface area contributed by atoms with E-state index in [0.29, 0.717) is 31.6 Å². The minimum absolute atomic E-state index is 0.107. The van der Waals surface area contributed by atoms with Crippen LogP contribution in [0.15, 0.2) is 0 Å². The van der Waals surface area contributed by atoms with Crippen molar-refractivity contribution in [2.75, 3.05) is 39.6 Å². The lowest BCUT2D eigenvalue weighted by atomic mass is 9.99. The van der Waals surface area contributed by atoms with Gasteiger partial charge in [0.1, 0.15) is 19.3 Å². The van der Waals surface area contributed by atoms with E-state index in [1.54, 1.807) is 0 Å². The first-order valence-corrected chi connectivity index (χ1v) is 48.2. The number of hydrogen-bond acceptors (Lipinski definition) is 15. The highest BCUT2D eigenvalue weighted by Crippen LogP contribution is 2.45. The Balaban J connectivity index is 5.22. The van der Waals surface area contributed by atoms with Crippen molar-refractivity contribution in [3.8, 4) is 0 Å². The van der Waals surface area contributed by atoms with E-state index in [0.717, 1.165) is 114 Å². The van der Waals surface area contributed by atoms with Gasteiger partial charge < -0.3 is 33.8 Å². The highest BCUT2D eigenvalue weighted by Gasteiger charge is 2.31. The number of hydrogen-bond donors (Lipinski definition) is 3. The molecule has 0 fully saturated rings. The van der Waals surface area contributed by atoms with Crippen molar-refractivity contribution in [1.82, 2.24) is 0 Å². The topological polar surface area (TPSA) is 237 Å². The molecule has 19 heteroatoms. The number of rotatable bonds is 85. The van der Waals surface area contributed by atoms with Crippen molar-refractivity contribution >= 4 is 39.5 Å². The minimum atomic E-state index is -4.97. The molecule has 3 N–H and O–H groups in total. The third kappa shape index (κ3) is 80.5. The van der Waals surface area contributed by atoms with E-state index in [4.69, 9.17) is 37.0 Å². The Kier molecular flexibility index (Phi) is 75.3. The van der Waals surface area contributed by atoms with Gasteiger partial charge >= 0.3 is 39.5 Å². The standard InChI is InChI=1S/C88H172O17P2/c1-9-81(8)67-59-51-43-35-29-23-16-12-10-11-13-17-25-31-37-45-54-62-70-87(92)104-83(74-98-85(90)68-60-52-44-36-30-24-20-19-22-28-34-41-49-57-65-79(4)5)76-102-106(94,95)100-72-82(89)73-101-107(96,97)103-77-84(75-99-86(91)69-61-53-47-39-42-50-58-66-80(6)7)105-88(93)71-63-55-46-38-32-26-18-14-15-21-27-33-40-48-56-64-78(2)3/h78-84,89H,9-77H2,1-8H3,(H,94,95)(H,96,97)/t81?,82?,83-,84-/m1/s1. The molecule has 6 atom stereocenters. The number of carbonyl (C=O) groups is 4. The van der Waals surface area contributed by atoms with Gasteiger partial charge in [0.15, 0.2) is 12.2 Å². The highest BCUT2D eigenvalue weighted by atomic mass is 31.2. The fourth-order valence-corrected chi connectivity index (χ4v) is 15.2. The second kappa shape index (κ2) is 76.7. The Morgan fingerprint density at radius 3 is 0.664 bits per heavy atom. The fraction of sp³-hybridized carbons (Fsp3) is 0.955. The van der Waals surface area contributed by atoms with Gasteiger partial charge in [0, 0.05) is 25.7 Å². The van der Waals surface area contributed by atoms with Gasteiger partial charge in [0.05, 0.1) is 26.4 Å². The Hall–Kier alpha value is -1.94. The molecule has 0 saturated carbocycles. The predicted molar refractivity (Wildman–Crippen MR) is 441 cm³/mol. The maximum Gasteiger partial charge on any atom is 0.472 e. The number of carbonyl (C=O) groups excluding carboxylic acids is 4. The van der Waals surface area contributed by atoms with Crippen LogP contribution >= 0.6 is 15.6 Å². The first-order valence-electron chi connectivity index (χ1n) is 45.2. The number of phosphoric acid groups is 2. The number of esters is 4. The van der Waals surface area contributed by atoms with Crippen LogP contribution in [0.4, 0.5) is 0 Å². The monoisotopic (exact) mass is 1560 g/mol. The van der Waals surface area contributed by atoms with Crippen LogP contribution in [0.3, 0.4) is 0 Å². The smallest absolute Gasteiger partial charge is 0.462 e. The lowest BCUT2D eigenvalue weighted by Gasteiger charge is -2.21. The van der Waals surface area contributed by atoms with E-state index >= 15 is 0 Å². The van der Waals surface area contributed by atoms with Gasteiger partial charge in [-0.3, -0.25) is 37.3 Å². The molecule has 0 saturated heterocycles. The largest absolute Gasteiger partial charge is 0.472 e. The van der Waals surface area contributed by atoms with E-state index in [9.17, 15) is 43.2 Å². The molecule has 0 heterocycles. The molecule has 4 unspecified atom stereocenters. The van der Waals surface area contributed by atoms with Crippen LogP contribution in [0.2, 0.25) is 0 Å². The first-order chi connectivity index (χ1) is 51.6. The normalized spacial score (nSPS) is 14.1. The van der Waals surface area contributed by atoms with E-state index in [2.05, 4.69) is 55.4 Å². The number of aliphatic hydroxyl groups excluding tert-OH is 1.